The second-order valence-corrected chi connectivity index (χ2v) is 9.13. The first-order valence-corrected chi connectivity index (χ1v) is 11.5. The van der Waals surface area contributed by atoms with Crippen LogP contribution >= 0.6 is 11.9 Å². The minimum absolute atomic E-state index is 0.397. The van der Waals surface area contributed by atoms with Gasteiger partial charge in [-0.1, -0.05) is 48.9 Å². The molecule has 0 bridgehead atoms. The fraction of sp³-hybridized carbons (Fsp3) is 0.375. The van der Waals surface area contributed by atoms with Crippen LogP contribution < -0.4 is 5.48 Å². The molecule has 2 aromatic rings. The van der Waals surface area contributed by atoms with Crippen molar-refractivity contribution in [2.24, 2.45) is 0 Å². The number of rotatable bonds is 6. The number of hydroxylamine groups is 1. The maximum atomic E-state index is 11.5. The lowest BCUT2D eigenvalue weighted by Crippen LogP contribution is -2.29. The van der Waals surface area contributed by atoms with E-state index in [1.807, 2.05) is 6.08 Å². The summed E-state index contributed by atoms with van der Waals surface area (Å²) in [6.07, 6.45) is 6.55. The van der Waals surface area contributed by atoms with Crippen LogP contribution in [0.3, 0.4) is 0 Å². The van der Waals surface area contributed by atoms with Gasteiger partial charge in [0.15, 0.2) is 0 Å². The van der Waals surface area contributed by atoms with Crippen LogP contribution in [-0.4, -0.2) is 46.5 Å². The average molecular weight is 424 g/mol. The summed E-state index contributed by atoms with van der Waals surface area (Å²) >= 11 is 1.70. The van der Waals surface area contributed by atoms with Gasteiger partial charge in [0, 0.05) is 30.1 Å². The van der Waals surface area contributed by atoms with Gasteiger partial charge in [-0.05, 0) is 73.1 Å². The summed E-state index contributed by atoms with van der Waals surface area (Å²) in [6.45, 7) is 4.98. The summed E-state index contributed by atoms with van der Waals surface area (Å²) in [5.74, 6) is -0.397. The zero-order valence-corrected chi connectivity index (χ0v) is 18.0. The van der Waals surface area contributed by atoms with Crippen LogP contribution in [0.2, 0.25) is 0 Å². The zero-order valence-electron chi connectivity index (χ0n) is 17.2. The number of nitrogens with one attached hydrogen (secondary N) is 1. The number of hydrogen-bond acceptors (Lipinski definition) is 5. The standard InChI is InChI=1S/C24H29N3O2S/c28-24(25-29)22-12-16-27(17-13-22)30-23-10-8-21(9-11-23)20-6-4-19(5-7-20)18-26-14-2-1-3-15-26/h4-12,29H,1-3,13-18H2,(H,25,28). The molecule has 6 heteroatoms. The fourth-order valence-electron chi connectivity index (χ4n) is 4.05. The van der Waals surface area contributed by atoms with Crippen LogP contribution in [0.15, 0.2) is 65.1 Å². The van der Waals surface area contributed by atoms with E-state index in [1.54, 1.807) is 17.4 Å². The maximum absolute atomic E-state index is 11.5. The summed E-state index contributed by atoms with van der Waals surface area (Å²) in [4.78, 5) is 15.2. The first-order valence-electron chi connectivity index (χ1n) is 10.7. The molecular formula is C24H29N3O2S. The molecule has 5 nitrogen and oxygen atoms in total. The summed E-state index contributed by atoms with van der Waals surface area (Å²) in [5, 5.41) is 8.74. The molecule has 0 saturated carbocycles. The number of benzene rings is 2. The first-order chi connectivity index (χ1) is 14.7. The van der Waals surface area contributed by atoms with E-state index in [2.05, 4.69) is 57.7 Å². The minimum Gasteiger partial charge on any atom is -0.299 e. The van der Waals surface area contributed by atoms with Gasteiger partial charge < -0.3 is 0 Å². The van der Waals surface area contributed by atoms with Crippen molar-refractivity contribution in [2.75, 3.05) is 26.2 Å². The van der Waals surface area contributed by atoms with Crippen molar-refractivity contribution in [3.8, 4) is 11.1 Å². The highest BCUT2D eigenvalue weighted by Crippen LogP contribution is 2.29. The molecule has 2 aliphatic heterocycles. The molecule has 0 unspecified atom stereocenters. The number of amides is 1. The number of likely N-dealkylation sites (tertiary alicyclic amines) is 1. The van der Waals surface area contributed by atoms with E-state index in [0.717, 1.165) is 13.1 Å². The lowest BCUT2D eigenvalue weighted by Gasteiger charge is -2.26. The number of nitrogens with zero attached hydrogens (tertiary/aromatic N) is 2. The van der Waals surface area contributed by atoms with E-state index in [4.69, 9.17) is 5.21 Å². The largest absolute Gasteiger partial charge is 0.299 e. The summed E-state index contributed by atoms with van der Waals surface area (Å²) < 4.78 is 2.22. The molecule has 0 aromatic heterocycles. The van der Waals surface area contributed by atoms with E-state index in [-0.39, 0.29) is 0 Å². The topological polar surface area (TPSA) is 55.8 Å². The minimum atomic E-state index is -0.397. The lowest BCUT2D eigenvalue weighted by molar-refractivity contribution is -0.125. The van der Waals surface area contributed by atoms with Crippen LogP contribution in [0.5, 0.6) is 0 Å². The van der Waals surface area contributed by atoms with Gasteiger partial charge in [-0.25, -0.2) is 9.79 Å². The fourth-order valence-corrected chi connectivity index (χ4v) is 4.93. The number of carbonyl (C=O) groups is 1. The van der Waals surface area contributed by atoms with Crippen LogP contribution in [-0.2, 0) is 11.3 Å². The molecule has 2 heterocycles. The molecule has 30 heavy (non-hydrogen) atoms. The van der Waals surface area contributed by atoms with E-state index >= 15 is 0 Å². The van der Waals surface area contributed by atoms with E-state index in [1.165, 1.54) is 53.9 Å². The predicted octanol–water partition coefficient (Wildman–Crippen LogP) is 4.48. The molecule has 4 rings (SSSR count). The Bertz CT molecular complexity index is 874. The molecule has 1 amide bonds. The van der Waals surface area contributed by atoms with Gasteiger partial charge in [-0.2, -0.15) is 0 Å². The molecule has 2 N–H and O–H groups in total. The Kier molecular flexibility index (Phi) is 7.23. The zero-order chi connectivity index (χ0) is 20.8. The molecule has 1 saturated heterocycles. The van der Waals surface area contributed by atoms with Crippen LogP contribution in [0.25, 0.3) is 11.1 Å². The Morgan fingerprint density at radius 3 is 2.20 bits per heavy atom. The van der Waals surface area contributed by atoms with E-state index in [9.17, 15) is 4.79 Å². The Morgan fingerprint density at radius 2 is 1.60 bits per heavy atom. The summed E-state index contributed by atoms with van der Waals surface area (Å²) in [7, 11) is 0. The summed E-state index contributed by atoms with van der Waals surface area (Å²) in [5.41, 5.74) is 6.22. The molecule has 158 valence electrons. The van der Waals surface area contributed by atoms with Crippen LogP contribution in [0, 0.1) is 0 Å². The van der Waals surface area contributed by atoms with Crippen molar-refractivity contribution in [3.63, 3.8) is 0 Å². The number of piperidine rings is 1. The van der Waals surface area contributed by atoms with Gasteiger partial charge in [0.05, 0.1) is 0 Å². The van der Waals surface area contributed by atoms with Gasteiger partial charge in [0.2, 0.25) is 0 Å². The highest BCUT2D eigenvalue weighted by Gasteiger charge is 2.17. The molecular weight excluding hydrogens is 394 g/mol. The molecule has 0 aliphatic carbocycles. The van der Waals surface area contributed by atoms with Crippen molar-refractivity contribution in [2.45, 2.75) is 37.1 Å². The van der Waals surface area contributed by atoms with Gasteiger partial charge >= 0.3 is 0 Å². The van der Waals surface area contributed by atoms with Crippen LogP contribution in [0.4, 0.5) is 0 Å². The Hall–Kier alpha value is -2.12. The monoisotopic (exact) mass is 423 g/mol. The van der Waals surface area contributed by atoms with Crippen molar-refractivity contribution in [3.05, 3.63) is 65.7 Å². The van der Waals surface area contributed by atoms with Crippen molar-refractivity contribution in [1.29, 1.82) is 0 Å². The normalized spacial score (nSPS) is 18.1. The van der Waals surface area contributed by atoms with E-state index in [0.29, 0.717) is 18.5 Å². The molecule has 2 aromatic carbocycles. The number of hydrogen-bond donors (Lipinski definition) is 2. The van der Waals surface area contributed by atoms with E-state index < -0.39 is 5.91 Å². The molecule has 1 fully saturated rings. The lowest BCUT2D eigenvalue weighted by atomic mass is 10.0. The first kappa shape index (κ1) is 21.1. The third kappa shape index (κ3) is 5.52. The Balaban J connectivity index is 1.32. The summed E-state index contributed by atoms with van der Waals surface area (Å²) in [6, 6.07) is 17.6. The van der Waals surface area contributed by atoms with Gasteiger partial charge in [0.25, 0.3) is 5.91 Å². The van der Waals surface area contributed by atoms with Crippen molar-refractivity contribution >= 4 is 17.9 Å². The molecule has 0 radical (unpaired) electrons. The van der Waals surface area contributed by atoms with Crippen molar-refractivity contribution in [1.82, 2.24) is 14.7 Å². The van der Waals surface area contributed by atoms with Gasteiger partial charge in [0.1, 0.15) is 0 Å². The Morgan fingerprint density at radius 1 is 0.933 bits per heavy atom. The smallest absolute Gasteiger partial charge is 0.270 e. The van der Waals surface area contributed by atoms with Crippen LogP contribution in [0.1, 0.15) is 31.2 Å². The Labute approximate surface area is 182 Å². The molecule has 0 spiro atoms. The van der Waals surface area contributed by atoms with Gasteiger partial charge in [-0.15, -0.1) is 0 Å². The highest BCUT2D eigenvalue weighted by molar-refractivity contribution is 7.97. The maximum Gasteiger partial charge on any atom is 0.270 e. The third-order valence-electron chi connectivity index (χ3n) is 5.80. The highest BCUT2D eigenvalue weighted by atomic mass is 32.2. The number of carbonyl (C=O) groups excluding carboxylic acids is 1. The van der Waals surface area contributed by atoms with Crippen molar-refractivity contribution < 1.29 is 10.0 Å². The molecule has 2 aliphatic rings. The van der Waals surface area contributed by atoms with Gasteiger partial charge in [-0.3, -0.25) is 14.9 Å². The quantitative estimate of drug-likeness (QED) is 0.407. The third-order valence-corrected chi connectivity index (χ3v) is 6.87. The predicted molar refractivity (Wildman–Crippen MR) is 121 cm³/mol. The second kappa shape index (κ2) is 10.3. The average Bonchev–Trinajstić information content (AvgIpc) is 2.81. The molecule has 0 atom stereocenters. The SMILES string of the molecule is O=C(NO)C1=CCN(Sc2ccc(-c3ccc(CN4CCCCC4)cc3)cc2)CC1. The second-order valence-electron chi connectivity index (χ2n) is 7.96.